The molecule has 37 heavy (non-hydrogen) atoms. The van der Waals surface area contributed by atoms with Crippen LogP contribution in [0.25, 0.3) is 0 Å². The lowest BCUT2D eigenvalue weighted by molar-refractivity contribution is -0.150. The van der Waals surface area contributed by atoms with E-state index >= 15 is 0 Å². The maximum Gasteiger partial charge on any atom is 0.236 e. The Balaban J connectivity index is 1.40. The minimum atomic E-state index is -1.08. The normalized spacial score (nSPS) is 23.1. The maximum atomic E-state index is 14.0. The molecular formula is C28H26ClN3O4S. The number of thiocarbonyl (C=S) groups is 1. The number of carbonyl (C=O) groups is 1. The summed E-state index contributed by atoms with van der Waals surface area (Å²) in [7, 11) is 0. The van der Waals surface area contributed by atoms with Crippen molar-refractivity contribution in [2.45, 2.75) is 39.1 Å². The number of ether oxygens (including phenoxy) is 3. The molecule has 0 radical (unpaired) electrons. The van der Waals surface area contributed by atoms with Gasteiger partial charge in [0.25, 0.3) is 0 Å². The van der Waals surface area contributed by atoms with Gasteiger partial charge in [0.2, 0.25) is 12.7 Å². The molecule has 0 aromatic heterocycles. The van der Waals surface area contributed by atoms with E-state index in [4.69, 9.17) is 38.0 Å². The molecule has 1 saturated heterocycles. The van der Waals surface area contributed by atoms with Crippen LogP contribution in [-0.2, 0) is 11.3 Å². The number of benzene rings is 3. The Hall–Kier alpha value is -3.49. The summed E-state index contributed by atoms with van der Waals surface area (Å²) in [5.41, 5.74) is 3.56. The summed E-state index contributed by atoms with van der Waals surface area (Å²) in [5, 5.41) is 7.62. The monoisotopic (exact) mass is 535 g/mol. The highest BCUT2D eigenvalue weighted by Gasteiger charge is 2.58. The Morgan fingerprint density at radius 1 is 1.11 bits per heavy atom. The van der Waals surface area contributed by atoms with Crippen molar-refractivity contribution in [3.05, 3.63) is 81.9 Å². The van der Waals surface area contributed by atoms with Crippen LogP contribution in [0, 0.1) is 19.8 Å². The van der Waals surface area contributed by atoms with E-state index in [1.807, 2.05) is 74.2 Å². The van der Waals surface area contributed by atoms with E-state index in [2.05, 4.69) is 10.6 Å². The smallest absolute Gasteiger partial charge is 0.236 e. The molecule has 3 aliphatic heterocycles. The summed E-state index contributed by atoms with van der Waals surface area (Å²) < 4.78 is 17.7. The van der Waals surface area contributed by atoms with E-state index in [9.17, 15) is 4.79 Å². The van der Waals surface area contributed by atoms with Crippen molar-refractivity contribution in [2.24, 2.45) is 5.92 Å². The van der Waals surface area contributed by atoms with Crippen LogP contribution in [0.1, 0.15) is 35.2 Å². The minimum Gasteiger partial charge on any atom is -0.467 e. The number of amides is 1. The van der Waals surface area contributed by atoms with Crippen molar-refractivity contribution in [1.82, 2.24) is 10.2 Å². The number of halogens is 1. The lowest BCUT2D eigenvalue weighted by Gasteiger charge is -2.56. The highest BCUT2D eigenvalue weighted by molar-refractivity contribution is 7.80. The lowest BCUT2D eigenvalue weighted by atomic mass is 9.78. The number of anilines is 1. The first-order valence-electron chi connectivity index (χ1n) is 12.1. The molecule has 0 aliphatic carbocycles. The first kappa shape index (κ1) is 23.9. The largest absolute Gasteiger partial charge is 0.467 e. The van der Waals surface area contributed by atoms with Crippen molar-refractivity contribution in [1.29, 1.82) is 0 Å². The van der Waals surface area contributed by atoms with Crippen molar-refractivity contribution in [3.63, 3.8) is 0 Å². The predicted molar refractivity (Wildman–Crippen MR) is 145 cm³/mol. The highest BCUT2D eigenvalue weighted by atomic mass is 35.5. The number of hydrogen-bond acceptors (Lipinski definition) is 5. The van der Waals surface area contributed by atoms with Gasteiger partial charge >= 0.3 is 0 Å². The van der Waals surface area contributed by atoms with E-state index in [0.717, 1.165) is 27.9 Å². The number of rotatable bonds is 4. The molecule has 3 aromatic carbocycles. The average Bonchev–Trinajstić information content (AvgIpc) is 3.32. The van der Waals surface area contributed by atoms with Crippen molar-refractivity contribution >= 4 is 40.5 Å². The average molecular weight is 536 g/mol. The molecule has 2 bridgehead atoms. The Bertz CT molecular complexity index is 1450. The van der Waals surface area contributed by atoms with E-state index in [1.165, 1.54) is 0 Å². The van der Waals surface area contributed by atoms with Crippen LogP contribution < -0.4 is 24.8 Å². The molecule has 3 aromatic rings. The molecule has 0 spiro atoms. The number of hydrogen-bond donors (Lipinski definition) is 2. The lowest BCUT2D eigenvalue weighted by Crippen LogP contribution is -2.71. The Morgan fingerprint density at radius 3 is 2.70 bits per heavy atom. The third-order valence-corrected chi connectivity index (χ3v) is 7.87. The molecule has 1 amide bonds. The fraction of sp³-hybridized carbons (Fsp3) is 0.286. The quantitative estimate of drug-likeness (QED) is 0.429. The fourth-order valence-corrected chi connectivity index (χ4v) is 5.99. The number of aryl methyl sites for hydroxylation is 2. The third kappa shape index (κ3) is 4.04. The van der Waals surface area contributed by atoms with E-state index < -0.39 is 17.7 Å². The van der Waals surface area contributed by atoms with Crippen molar-refractivity contribution in [3.8, 4) is 17.2 Å². The van der Waals surface area contributed by atoms with Gasteiger partial charge in [0.15, 0.2) is 22.3 Å². The van der Waals surface area contributed by atoms with Crippen LogP contribution >= 0.6 is 23.8 Å². The van der Waals surface area contributed by atoms with Gasteiger partial charge in [-0.05, 0) is 80.5 Å². The van der Waals surface area contributed by atoms with Crippen LogP contribution in [0.5, 0.6) is 17.2 Å². The molecule has 2 N–H and O–H groups in total. The molecule has 7 nitrogen and oxygen atoms in total. The van der Waals surface area contributed by atoms with Crippen LogP contribution in [-0.4, -0.2) is 28.4 Å². The summed E-state index contributed by atoms with van der Waals surface area (Å²) in [6.07, 6.45) is 0. The first-order valence-corrected chi connectivity index (χ1v) is 12.8. The van der Waals surface area contributed by atoms with E-state index in [-0.39, 0.29) is 12.7 Å². The highest BCUT2D eigenvalue weighted by Crippen LogP contribution is 2.50. The van der Waals surface area contributed by atoms with Gasteiger partial charge in [-0.2, -0.15) is 0 Å². The first-order chi connectivity index (χ1) is 17.7. The SMILES string of the molecule is Cc1ccc(NC(=O)[C@H]2[C@H]3NC(=S)N(Cc4ccc5c(c4)OCO5)[C@@]2(C)Oc2ccc(Cl)cc23)c(C)c1. The zero-order chi connectivity index (χ0) is 25.9. The van der Waals surface area contributed by atoms with Gasteiger partial charge in [0, 0.05) is 22.8 Å². The molecule has 1 fully saturated rings. The Morgan fingerprint density at radius 2 is 1.89 bits per heavy atom. The van der Waals surface area contributed by atoms with Crippen molar-refractivity contribution in [2.75, 3.05) is 12.1 Å². The Labute approximate surface area is 225 Å². The Kier molecular flexibility index (Phi) is 5.69. The van der Waals surface area contributed by atoms with E-state index in [1.54, 1.807) is 6.07 Å². The second-order valence-electron chi connectivity index (χ2n) is 9.83. The molecule has 0 unspecified atom stereocenters. The van der Waals surface area contributed by atoms with E-state index in [0.29, 0.717) is 33.9 Å². The van der Waals surface area contributed by atoms with Crippen LogP contribution in [0.4, 0.5) is 5.69 Å². The molecule has 9 heteroatoms. The van der Waals surface area contributed by atoms with Crippen LogP contribution in [0.3, 0.4) is 0 Å². The number of nitrogens with one attached hydrogen (secondary N) is 2. The minimum absolute atomic E-state index is 0.171. The molecule has 0 saturated carbocycles. The molecule has 190 valence electrons. The molecule has 3 atom stereocenters. The predicted octanol–water partition coefficient (Wildman–Crippen LogP) is 5.48. The molecular weight excluding hydrogens is 510 g/mol. The number of carbonyl (C=O) groups excluding carboxylic acids is 1. The van der Waals surface area contributed by atoms with Gasteiger partial charge in [-0.25, -0.2) is 0 Å². The topological polar surface area (TPSA) is 72.1 Å². The number of fused-ring (bicyclic) bond motifs is 5. The van der Waals surface area contributed by atoms with Gasteiger partial charge in [-0.1, -0.05) is 35.4 Å². The van der Waals surface area contributed by atoms with Gasteiger partial charge in [0.05, 0.1) is 6.04 Å². The van der Waals surface area contributed by atoms with Gasteiger partial charge < -0.3 is 29.7 Å². The standard InChI is InChI=1S/C28H26ClN3O4S/c1-15-4-7-20(16(2)10-15)30-26(33)24-25-19-12-18(29)6-9-21(19)36-28(24,3)32(27(37)31-25)13-17-5-8-22-23(11-17)35-14-34-22/h4-12,24-25H,13-14H2,1-3H3,(H,30,33)(H,31,37)/t24-,25+,28+/m1/s1. The molecule has 3 aliphatic rings. The molecule has 6 rings (SSSR count). The molecule has 3 heterocycles. The van der Waals surface area contributed by atoms with Crippen molar-refractivity contribution < 1.29 is 19.0 Å². The maximum absolute atomic E-state index is 14.0. The van der Waals surface area contributed by atoms with Gasteiger partial charge in [0.1, 0.15) is 11.7 Å². The second kappa shape index (κ2) is 8.82. The zero-order valence-corrected chi connectivity index (χ0v) is 22.2. The summed E-state index contributed by atoms with van der Waals surface area (Å²) in [6, 6.07) is 16.8. The summed E-state index contributed by atoms with van der Waals surface area (Å²) in [5.74, 6) is 1.25. The fourth-order valence-electron chi connectivity index (χ4n) is 5.44. The van der Waals surface area contributed by atoms with Crippen LogP contribution in [0.2, 0.25) is 5.02 Å². The summed E-state index contributed by atoms with van der Waals surface area (Å²) in [6.45, 7) is 6.53. The van der Waals surface area contributed by atoms with Gasteiger partial charge in [-0.3, -0.25) is 4.79 Å². The van der Waals surface area contributed by atoms with Gasteiger partial charge in [-0.15, -0.1) is 0 Å². The number of nitrogens with zero attached hydrogens (tertiary/aromatic N) is 1. The third-order valence-electron chi connectivity index (χ3n) is 7.29. The zero-order valence-electron chi connectivity index (χ0n) is 20.6. The summed E-state index contributed by atoms with van der Waals surface area (Å²) >= 11 is 12.2. The van der Waals surface area contributed by atoms with Crippen LogP contribution in [0.15, 0.2) is 54.6 Å². The summed E-state index contributed by atoms with van der Waals surface area (Å²) in [4.78, 5) is 15.9. The second-order valence-corrected chi connectivity index (χ2v) is 10.6.